The maximum atomic E-state index is 13.1. The molecule has 0 fully saturated rings. The quantitative estimate of drug-likeness (QED) is 0.692. The van der Waals surface area contributed by atoms with Gasteiger partial charge in [-0.05, 0) is 63.0 Å². The highest BCUT2D eigenvalue weighted by atomic mass is 32.2. The Hall–Kier alpha value is -2.35. The van der Waals surface area contributed by atoms with Crippen LogP contribution in [0.4, 0.5) is 0 Å². The summed E-state index contributed by atoms with van der Waals surface area (Å²) in [7, 11) is 0.209. The molecular weight excluding hydrogens is 348 g/mol. The minimum atomic E-state index is -3.72. The van der Waals surface area contributed by atoms with Crippen molar-refractivity contribution in [1.82, 2.24) is 19.6 Å². The Morgan fingerprint density at radius 2 is 1.88 bits per heavy atom. The predicted octanol–water partition coefficient (Wildman–Crippen LogP) is 2.60. The van der Waals surface area contributed by atoms with Gasteiger partial charge in [0.2, 0.25) is 10.0 Å². The molecule has 0 bridgehead atoms. The Kier molecular flexibility index (Phi) is 5.61. The normalized spacial score (nSPS) is 13.2. The van der Waals surface area contributed by atoms with Crippen molar-refractivity contribution in [2.24, 2.45) is 0 Å². The summed E-state index contributed by atoms with van der Waals surface area (Å²) in [4.78, 5) is 10.6. The Morgan fingerprint density at radius 1 is 1.08 bits per heavy atom. The van der Waals surface area contributed by atoms with E-state index in [1.807, 2.05) is 31.1 Å². The van der Waals surface area contributed by atoms with Gasteiger partial charge in [0.15, 0.2) is 0 Å². The first-order chi connectivity index (χ1) is 12.5. The SMILES string of the molecule is CN(C)CCC(NS(=O)(=O)c1cccc2ncccc12)c1cccnc1. The highest BCUT2D eigenvalue weighted by Gasteiger charge is 2.23. The fourth-order valence-electron chi connectivity index (χ4n) is 2.82. The van der Waals surface area contributed by atoms with E-state index in [0.717, 1.165) is 12.1 Å². The lowest BCUT2D eigenvalue weighted by atomic mass is 10.1. The Morgan fingerprint density at radius 3 is 2.62 bits per heavy atom. The third-order valence-electron chi connectivity index (χ3n) is 4.14. The molecule has 0 aliphatic rings. The first kappa shape index (κ1) is 18.4. The van der Waals surface area contributed by atoms with Crippen LogP contribution in [-0.2, 0) is 10.0 Å². The lowest BCUT2D eigenvalue weighted by molar-refractivity contribution is 0.374. The van der Waals surface area contributed by atoms with Crippen molar-refractivity contribution >= 4 is 20.9 Å². The molecule has 1 unspecified atom stereocenters. The lowest BCUT2D eigenvalue weighted by Gasteiger charge is -2.21. The topological polar surface area (TPSA) is 75.2 Å². The molecular formula is C19H22N4O2S. The number of fused-ring (bicyclic) bond motifs is 1. The molecule has 7 heteroatoms. The molecule has 6 nitrogen and oxygen atoms in total. The molecule has 2 aromatic heterocycles. The number of aromatic nitrogens is 2. The number of nitrogens with one attached hydrogen (secondary N) is 1. The van der Waals surface area contributed by atoms with Gasteiger partial charge >= 0.3 is 0 Å². The number of benzene rings is 1. The summed E-state index contributed by atoms with van der Waals surface area (Å²) in [5.41, 5.74) is 1.50. The minimum absolute atomic E-state index is 0.238. The fraction of sp³-hybridized carbons (Fsp3) is 0.263. The van der Waals surface area contributed by atoms with Gasteiger partial charge in [-0.25, -0.2) is 13.1 Å². The summed E-state index contributed by atoms with van der Waals surface area (Å²) < 4.78 is 29.1. The monoisotopic (exact) mass is 370 g/mol. The van der Waals surface area contributed by atoms with Crippen LogP contribution >= 0.6 is 0 Å². The summed E-state index contributed by atoms with van der Waals surface area (Å²) in [6.07, 6.45) is 5.67. The first-order valence-electron chi connectivity index (χ1n) is 8.38. The van der Waals surface area contributed by atoms with E-state index in [9.17, 15) is 8.42 Å². The molecule has 0 saturated heterocycles. The van der Waals surface area contributed by atoms with Gasteiger partial charge in [-0.2, -0.15) is 0 Å². The van der Waals surface area contributed by atoms with Gasteiger partial charge in [-0.15, -0.1) is 0 Å². The van der Waals surface area contributed by atoms with Crippen LogP contribution in [0.5, 0.6) is 0 Å². The van der Waals surface area contributed by atoms with E-state index in [1.54, 1.807) is 48.9 Å². The molecule has 3 aromatic rings. The van der Waals surface area contributed by atoms with Gasteiger partial charge in [-0.3, -0.25) is 9.97 Å². The molecule has 1 atom stereocenters. The van der Waals surface area contributed by atoms with Crippen LogP contribution in [0.3, 0.4) is 0 Å². The number of sulfonamides is 1. The maximum absolute atomic E-state index is 13.1. The van der Waals surface area contributed by atoms with Gasteiger partial charge < -0.3 is 4.90 Å². The van der Waals surface area contributed by atoms with Crippen LogP contribution in [0.25, 0.3) is 10.9 Å². The lowest BCUT2D eigenvalue weighted by Crippen LogP contribution is -2.31. The third-order valence-corrected chi connectivity index (χ3v) is 5.67. The van der Waals surface area contributed by atoms with Crippen LogP contribution in [-0.4, -0.2) is 43.9 Å². The molecule has 3 rings (SSSR count). The molecule has 2 heterocycles. The number of nitrogens with zero attached hydrogens (tertiary/aromatic N) is 3. The Balaban J connectivity index is 1.96. The van der Waals surface area contributed by atoms with Crippen molar-refractivity contribution in [1.29, 1.82) is 0 Å². The summed E-state index contributed by atoms with van der Waals surface area (Å²) in [6, 6.07) is 12.0. The van der Waals surface area contributed by atoms with E-state index < -0.39 is 10.0 Å². The molecule has 0 aliphatic heterocycles. The average Bonchev–Trinajstić information content (AvgIpc) is 2.65. The third kappa shape index (κ3) is 4.24. The van der Waals surface area contributed by atoms with E-state index in [-0.39, 0.29) is 10.9 Å². The average molecular weight is 370 g/mol. The Labute approximate surface area is 154 Å². The maximum Gasteiger partial charge on any atom is 0.241 e. The van der Waals surface area contributed by atoms with Gasteiger partial charge in [0.25, 0.3) is 0 Å². The van der Waals surface area contributed by atoms with E-state index in [0.29, 0.717) is 17.3 Å². The Bertz CT molecular complexity index is 970. The highest BCUT2D eigenvalue weighted by Crippen LogP contribution is 2.24. The van der Waals surface area contributed by atoms with E-state index >= 15 is 0 Å². The van der Waals surface area contributed by atoms with E-state index in [2.05, 4.69) is 14.7 Å². The molecule has 1 aromatic carbocycles. The zero-order valence-electron chi connectivity index (χ0n) is 14.8. The smallest absolute Gasteiger partial charge is 0.241 e. The summed E-state index contributed by atoms with van der Waals surface area (Å²) >= 11 is 0. The number of hydrogen-bond donors (Lipinski definition) is 1. The van der Waals surface area contributed by atoms with E-state index in [1.165, 1.54) is 0 Å². The van der Waals surface area contributed by atoms with Gasteiger partial charge in [0, 0.05) is 30.0 Å². The fourth-order valence-corrected chi connectivity index (χ4v) is 4.30. The van der Waals surface area contributed by atoms with Crippen molar-refractivity contribution in [3.63, 3.8) is 0 Å². The van der Waals surface area contributed by atoms with Crippen LogP contribution in [0.2, 0.25) is 0 Å². The predicted molar refractivity (Wildman–Crippen MR) is 102 cm³/mol. The summed E-state index contributed by atoms with van der Waals surface area (Å²) in [5, 5.41) is 0.611. The van der Waals surface area contributed by atoms with E-state index in [4.69, 9.17) is 0 Å². The summed E-state index contributed by atoms with van der Waals surface area (Å²) in [6.45, 7) is 0.749. The standard InChI is InChI=1S/C19H22N4O2S/c1-23(2)13-10-17(15-6-4-11-20-14-15)22-26(24,25)19-9-3-8-18-16(19)7-5-12-21-18/h3-9,11-12,14,17,22H,10,13H2,1-2H3. The second kappa shape index (κ2) is 7.90. The van der Waals surface area contributed by atoms with Crippen molar-refractivity contribution in [2.45, 2.75) is 17.4 Å². The van der Waals surface area contributed by atoms with Gasteiger partial charge in [0.05, 0.1) is 10.4 Å². The molecule has 26 heavy (non-hydrogen) atoms. The first-order valence-corrected chi connectivity index (χ1v) is 9.86. The highest BCUT2D eigenvalue weighted by molar-refractivity contribution is 7.89. The van der Waals surface area contributed by atoms with Crippen molar-refractivity contribution < 1.29 is 8.42 Å². The molecule has 0 saturated carbocycles. The number of rotatable bonds is 7. The zero-order valence-corrected chi connectivity index (χ0v) is 15.6. The molecule has 136 valence electrons. The largest absolute Gasteiger partial charge is 0.309 e. The molecule has 0 spiro atoms. The van der Waals surface area contributed by atoms with Gasteiger partial charge in [0.1, 0.15) is 0 Å². The zero-order chi connectivity index (χ0) is 18.6. The van der Waals surface area contributed by atoms with Crippen LogP contribution in [0.1, 0.15) is 18.0 Å². The number of hydrogen-bond acceptors (Lipinski definition) is 5. The van der Waals surface area contributed by atoms with Crippen molar-refractivity contribution in [3.8, 4) is 0 Å². The second-order valence-electron chi connectivity index (χ2n) is 6.38. The second-order valence-corrected chi connectivity index (χ2v) is 8.06. The van der Waals surface area contributed by atoms with Crippen LogP contribution in [0.15, 0.2) is 66.0 Å². The van der Waals surface area contributed by atoms with Crippen LogP contribution in [0, 0.1) is 0 Å². The number of pyridine rings is 2. The molecule has 0 aliphatic carbocycles. The van der Waals surface area contributed by atoms with Crippen molar-refractivity contribution in [2.75, 3.05) is 20.6 Å². The molecule has 0 radical (unpaired) electrons. The van der Waals surface area contributed by atoms with Gasteiger partial charge in [-0.1, -0.05) is 12.1 Å². The summed E-state index contributed by atoms with van der Waals surface area (Å²) in [5.74, 6) is 0. The minimum Gasteiger partial charge on any atom is -0.309 e. The van der Waals surface area contributed by atoms with Crippen molar-refractivity contribution in [3.05, 3.63) is 66.6 Å². The molecule has 1 N–H and O–H groups in total. The molecule has 0 amide bonds. The van der Waals surface area contributed by atoms with Crippen LogP contribution < -0.4 is 4.72 Å².